The SMILES string of the molecule is Cn1c(=O)c2c(nc(N)n2CC(O)COc2ccc3ccccc3c2)n(C)c1=O. The van der Waals surface area contributed by atoms with E-state index in [1.165, 1.54) is 23.2 Å². The van der Waals surface area contributed by atoms with Crippen molar-refractivity contribution >= 4 is 27.9 Å². The van der Waals surface area contributed by atoms with Gasteiger partial charge in [-0.25, -0.2) is 4.79 Å². The fourth-order valence-electron chi connectivity index (χ4n) is 3.36. The van der Waals surface area contributed by atoms with Crippen molar-refractivity contribution in [2.75, 3.05) is 12.3 Å². The summed E-state index contributed by atoms with van der Waals surface area (Å²) >= 11 is 0. The van der Waals surface area contributed by atoms with Crippen LogP contribution >= 0.6 is 0 Å². The Morgan fingerprint density at radius 2 is 1.83 bits per heavy atom. The number of nitrogens with zero attached hydrogens (tertiary/aromatic N) is 4. The first kappa shape index (κ1) is 18.8. The second-order valence-electron chi connectivity index (χ2n) is 6.93. The summed E-state index contributed by atoms with van der Waals surface area (Å²) in [4.78, 5) is 28.7. The van der Waals surface area contributed by atoms with Crippen LogP contribution in [0.15, 0.2) is 52.1 Å². The Morgan fingerprint density at radius 1 is 1.10 bits per heavy atom. The molecular formula is C20H21N5O4. The zero-order valence-corrected chi connectivity index (χ0v) is 16.1. The van der Waals surface area contributed by atoms with Gasteiger partial charge in [-0.05, 0) is 22.9 Å². The van der Waals surface area contributed by atoms with Gasteiger partial charge >= 0.3 is 5.69 Å². The van der Waals surface area contributed by atoms with Crippen molar-refractivity contribution in [2.24, 2.45) is 14.1 Å². The number of nitrogens with two attached hydrogens (primary N) is 1. The van der Waals surface area contributed by atoms with Gasteiger partial charge in [0.25, 0.3) is 5.56 Å². The largest absolute Gasteiger partial charge is 0.491 e. The van der Waals surface area contributed by atoms with E-state index in [-0.39, 0.29) is 30.3 Å². The number of hydrogen-bond acceptors (Lipinski definition) is 6. The van der Waals surface area contributed by atoms with Crippen LogP contribution in [0.25, 0.3) is 21.9 Å². The zero-order chi connectivity index (χ0) is 20.7. The van der Waals surface area contributed by atoms with E-state index >= 15 is 0 Å². The molecule has 4 rings (SSSR count). The summed E-state index contributed by atoms with van der Waals surface area (Å²) in [6, 6.07) is 13.6. The lowest BCUT2D eigenvalue weighted by molar-refractivity contribution is 0.0939. The topological polar surface area (TPSA) is 117 Å². The molecule has 1 unspecified atom stereocenters. The molecule has 0 saturated heterocycles. The number of anilines is 1. The number of ether oxygens (including phenoxy) is 1. The van der Waals surface area contributed by atoms with Crippen LogP contribution in [0.2, 0.25) is 0 Å². The van der Waals surface area contributed by atoms with Gasteiger partial charge in [0, 0.05) is 14.1 Å². The van der Waals surface area contributed by atoms with E-state index in [0.717, 1.165) is 15.3 Å². The molecule has 0 radical (unpaired) electrons. The third-order valence-corrected chi connectivity index (χ3v) is 4.93. The predicted octanol–water partition coefficient (Wildman–Crippen LogP) is 0.609. The number of hydrogen-bond donors (Lipinski definition) is 2. The van der Waals surface area contributed by atoms with Crippen LogP contribution < -0.4 is 21.7 Å². The standard InChI is InChI=1S/C20H21N5O4/c1-23-17-16(18(27)24(2)20(23)28)25(19(21)22-17)10-14(26)11-29-15-8-7-12-5-3-4-6-13(12)9-15/h3-9,14,26H,10-11H2,1-2H3,(H2,21,22). The lowest BCUT2D eigenvalue weighted by Crippen LogP contribution is -2.38. The highest BCUT2D eigenvalue weighted by molar-refractivity contribution is 5.83. The van der Waals surface area contributed by atoms with Crippen LogP contribution in [-0.2, 0) is 20.6 Å². The van der Waals surface area contributed by atoms with Crippen LogP contribution in [0.1, 0.15) is 0 Å². The summed E-state index contributed by atoms with van der Waals surface area (Å²) in [5.41, 5.74) is 5.28. The molecule has 0 amide bonds. The van der Waals surface area contributed by atoms with Crippen molar-refractivity contribution in [1.29, 1.82) is 0 Å². The molecule has 150 valence electrons. The molecule has 0 saturated carbocycles. The number of aliphatic hydroxyl groups is 1. The average molecular weight is 395 g/mol. The first-order valence-electron chi connectivity index (χ1n) is 9.08. The van der Waals surface area contributed by atoms with E-state index in [0.29, 0.717) is 5.75 Å². The molecule has 4 aromatic rings. The number of aromatic nitrogens is 4. The second kappa shape index (κ2) is 7.10. The molecule has 0 aliphatic rings. The number of aryl methyl sites for hydroxylation is 1. The van der Waals surface area contributed by atoms with Crippen LogP contribution in [0, 0.1) is 0 Å². The summed E-state index contributed by atoms with van der Waals surface area (Å²) in [5.74, 6) is 0.674. The van der Waals surface area contributed by atoms with Crippen molar-refractivity contribution in [1.82, 2.24) is 18.7 Å². The third kappa shape index (κ3) is 3.25. The lowest BCUT2D eigenvalue weighted by atomic mass is 10.1. The normalized spacial score (nSPS) is 12.5. The van der Waals surface area contributed by atoms with Crippen molar-refractivity contribution in [3.8, 4) is 5.75 Å². The minimum atomic E-state index is -0.942. The zero-order valence-electron chi connectivity index (χ0n) is 16.1. The fourth-order valence-corrected chi connectivity index (χ4v) is 3.36. The van der Waals surface area contributed by atoms with Gasteiger partial charge in [0.2, 0.25) is 5.95 Å². The lowest BCUT2D eigenvalue weighted by Gasteiger charge is -2.15. The monoisotopic (exact) mass is 395 g/mol. The molecule has 1 atom stereocenters. The van der Waals surface area contributed by atoms with Gasteiger partial charge < -0.3 is 20.1 Å². The second-order valence-corrected chi connectivity index (χ2v) is 6.93. The Bertz CT molecular complexity index is 1330. The molecule has 0 aliphatic carbocycles. The Labute approximate surface area is 165 Å². The van der Waals surface area contributed by atoms with E-state index < -0.39 is 17.4 Å². The van der Waals surface area contributed by atoms with Crippen LogP contribution in [0.3, 0.4) is 0 Å². The molecule has 2 aromatic carbocycles. The van der Waals surface area contributed by atoms with E-state index in [9.17, 15) is 14.7 Å². The molecule has 0 spiro atoms. The smallest absolute Gasteiger partial charge is 0.332 e. The molecular weight excluding hydrogens is 374 g/mol. The molecule has 2 heterocycles. The Kier molecular flexibility index (Phi) is 4.59. The first-order chi connectivity index (χ1) is 13.9. The molecule has 0 aliphatic heterocycles. The van der Waals surface area contributed by atoms with Gasteiger partial charge in [-0.2, -0.15) is 4.98 Å². The molecule has 29 heavy (non-hydrogen) atoms. The summed E-state index contributed by atoms with van der Waals surface area (Å²) in [7, 11) is 2.90. The first-order valence-corrected chi connectivity index (χ1v) is 9.08. The maximum atomic E-state index is 12.5. The van der Waals surface area contributed by atoms with Crippen molar-refractivity contribution in [3.63, 3.8) is 0 Å². The van der Waals surface area contributed by atoms with Gasteiger partial charge in [0.15, 0.2) is 11.2 Å². The Balaban J connectivity index is 1.57. The van der Waals surface area contributed by atoms with Gasteiger partial charge in [-0.1, -0.05) is 30.3 Å². The van der Waals surface area contributed by atoms with Gasteiger partial charge in [-0.3, -0.25) is 13.9 Å². The third-order valence-electron chi connectivity index (χ3n) is 4.93. The summed E-state index contributed by atoms with van der Waals surface area (Å²) in [6.45, 7) is 0.00684. The van der Waals surface area contributed by atoms with Crippen molar-refractivity contribution in [3.05, 3.63) is 63.3 Å². The van der Waals surface area contributed by atoms with Crippen molar-refractivity contribution in [2.45, 2.75) is 12.6 Å². The highest BCUT2D eigenvalue weighted by Gasteiger charge is 2.19. The van der Waals surface area contributed by atoms with E-state index in [1.807, 2.05) is 42.5 Å². The number of imidazole rings is 1. The van der Waals surface area contributed by atoms with Crippen molar-refractivity contribution < 1.29 is 9.84 Å². The van der Waals surface area contributed by atoms with Crippen LogP contribution in [0.5, 0.6) is 5.75 Å². The maximum absolute atomic E-state index is 12.5. The Morgan fingerprint density at radius 3 is 2.59 bits per heavy atom. The summed E-state index contributed by atoms with van der Waals surface area (Å²) < 4.78 is 9.35. The maximum Gasteiger partial charge on any atom is 0.332 e. The minimum absolute atomic E-state index is 0.00333. The number of aliphatic hydroxyl groups excluding tert-OH is 1. The molecule has 0 fully saturated rings. The number of benzene rings is 2. The molecule has 9 heteroatoms. The molecule has 3 N–H and O–H groups in total. The quantitative estimate of drug-likeness (QED) is 0.511. The van der Waals surface area contributed by atoms with Crippen LogP contribution in [0.4, 0.5) is 5.95 Å². The predicted molar refractivity (Wildman–Crippen MR) is 110 cm³/mol. The molecule has 9 nitrogen and oxygen atoms in total. The highest BCUT2D eigenvalue weighted by Crippen LogP contribution is 2.21. The Hall–Kier alpha value is -3.59. The van der Waals surface area contributed by atoms with Gasteiger partial charge in [0.05, 0.1) is 6.54 Å². The van der Waals surface area contributed by atoms with E-state index in [4.69, 9.17) is 10.5 Å². The highest BCUT2D eigenvalue weighted by atomic mass is 16.5. The number of rotatable bonds is 5. The number of nitrogen functional groups attached to an aromatic ring is 1. The average Bonchev–Trinajstić information content (AvgIpc) is 3.05. The molecule has 2 aromatic heterocycles. The van der Waals surface area contributed by atoms with Gasteiger partial charge in [0.1, 0.15) is 18.5 Å². The van der Waals surface area contributed by atoms with E-state index in [2.05, 4.69) is 4.98 Å². The van der Waals surface area contributed by atoms with Gasteiger partial charge in [-0.15, -0.1) is 0 Å². The number of fused-ring (bicyclic) bond motifs is 2. The fraction of sp³-hybridized carbons (Fsp3) is 0.250. The van der Waals surface area contributed by atoms with Crippen LogP contribution in [-0.4, -0.2) is 36.5 Å². The summed E-state index contributed by atoms with van der Waals surface area (Å²) in [5, 5.41) is 12.6. The molecule has 0 bridgehead atoms. The van der Waals surface area contributed by atoms with E-state index in [1.54, 1.807) is 0 Å². The summed E-state index contributed by atoms with van der Waals surface area (Å²) in [6.07, 6.45) is -0.942. The minimum Gasteiger partial charge on any atom is -0.491 e.